The number of amides is 1. The van der Waals surface area contributed by atoms with Crippen LogP contribution in [0.3, 0.4) is 0 Å². The molecule has 7 heteroatoms. The van der Waals surface area contributed by atoms with Gasteiger partial charge in [-0.2, -0.15) is 9.78 Å². The number of ether oxygens (including phenoxy) is 1. The van der Waals surface area contributed by atoms with E-state index in [0.717, 1.165) is 19.4 Å². The van der Waals surface area contributed by atoms with E-state index >= 15 is 0 Å². The Labute approximate surface area is 198 Å². The number of nitrogens with one attached hydrogen (secondary N) is 1. The Balaban J connectivity index is 1.55. The highest BCUT2D eigenvalue weighted by Gasteiger charge is 2.26. The molecule has 0 bridgehead atoms. The van der Waals surface area contributed by atoms with Crippen LogP contribution in [0.25, 0.3) is 16.9 Å². The number of anilines is 1. The highest BCUT2D eigenvalue weighted by molar-refractivity contribution is 6.08. The second kappa shape index (κ2) is 9.27. The van der Waals surface area contributed by atoms with Crippen LogP contribution in [0, 0.1) is 0 Å². The predicted octanol–water partition coefficient (Wildman–Crippen LogP) is 4.69. The van der Waals surface area contributed by atoms with Crippen LogP contribution in [0.5, 0.6) is 0 Å². The van der Waals surface area contributed by atoms with Crippen molar-refractivity contribution < 1.29 is 9.53 Å². The van der Waals surface area contributed by atoms with E-state index in [1.54, 1.807) is 12.4 Å². The Morgan fingerprint density at radius 1 is 1.12 bits per heavy atom. The zero-order valence-electron chi connectivity index (χ0n) is 19.4. The van der Waals surface area contributed by atoms with E-state index in [2.05, 4.69) is 24.3 Å². The summed E-state index contributed by atoms with van der Waals surface area (Å²) in [5, 5.41) is 7.53. The molecule has 3 aliphatic rings. The van der Waals surface area contributed by atoms with Gasteiger partial charge in [-0.1, -0.05) is 44.2 Å². The van der Waals surface area contributed by atoms with Crippen molar-refractivity contribution in [3.8, 4) is 16.9 Å². The van der Waals surface area contributed by atoms with Crippen LogP contribution in [-0.4, -0.2) is 33.0 Å². The lowest BCUT2D eigenvalue weighted by Crippen LogP contribution is -2.20. The van der Waals surface area contributed by atoms with Gasteiger partial charge in [0.15, 0.2) is 0 Å². The molecule has 7 nitrogen and oxygen atoms in total. The van der Waals surface area contributed by atoms with Gasteiger partial charge in [0.2, 0.25) is 0 Å². The summed E-state index contributed by atoms with van der Waals surface area (Å²) >= 11 is 0. The number of benzene rings is 2. The van der Waals surface area contributed by atoms with Gasteiger partial charge in [-0.25, -0.2) is 0 Å². The van der Waals surface area contributed by atoms with E-state index in [-0.39, 0.29) is 17.6 Å². The van der Waals surface area contributed by atoms with E-state index in [1.165, 1.54) is 10.2 Å². The highest BCUT2D eigenvalue weighted by atomic mass is 16.5. The molecule has 3 heterocycles. The molecule has 2 aromatic carbocycles. The first-order valence-corrected chi connectivity index (χ1v) is 11.7. The number of carbonyl (C=O) groups excluding carboxylic acids is 1. The minimum Gasteiger partial charge on any atom is -0.376 e. The number of fused-ring (bicyclic) bond motifs is 1. The minimum absolute atomic E-state index is 0.0706. The Bertz CT molecular complexity index is 1320. The first kappa shape index (κ1) is 22.1. The van der Waals surface area contributed by atoms with Crippen LogP contribution in [0.1, 0.15) is 48.5 Å². The smallest absolute Gasteiger partial charge is 0.282 e. The van der Waals surface area contributed by atoms with Crippen LogP contribution in [0.4, 0.5) is 5.69 Å². The molecule has 5 rings (SSSR count). The molecule has 1 amide bonds. The van der Waals surface area contributed by atoms with Crippen molar-refractivity contribution in [2.75, 3.05) is 11.9 Å². The predicted molar refractivity (Wildman–Crippen MR) is 132 cm³/mol. The summed E-state index contributed by atoms with van der Waals surface area (Å²) in [4.78, 5) is 26.7. The van der Waals surface area contributed by atoms with Crippen molar-refractivity contribution in [2.45, 2.75) is 45.3 Å². The molecule has 1 N–H and O–H groups in total. The number of hydrogen-bond donors (Lipinski definition) is 1. The van der Waals surface area contributed by atoms with Crippen LogP contribution in [-0.2, 0) is 11.3 Å². The summed E-state index contributed by atoms with van der Waals surface area (Å²) in [5.41, 5.74) is 3.45. The van der Waals surface area contributed by atoms with Gasteiger partial charge in [-0.15, -0.1) is 0 Å². The normalized spacial score (nSPS) is 15.8. The quantitative estimate of drug-likeness (QED) is 0.456. The van der Waals surface area contributed by atoms with E-state index in [9.17, 15) is 9.59 Å². The van der Waals surface area contributed by atoms with E-state index in [0.29, 0.717) is 40.7 Å². The molecule has 0 aliphatic carbocycles. The number of rotatable bonds is 6. The van der Waals surface area contributed by atoms with Crippen LogP contribution in [0.15, 0.2) is 71.8 Å². The third kappa shape index (κ3) is 4.39. The van der Waals surface area contributed by atoms with Gasteiger partial charge in [0.25, 0.3) is 11.5 Å². The molecule has 1 saturated heterocycles. The Hall–Kier alpha value is -3.71. The van der Waals surface area contributed by atoms with Gasteiger partial charge in [-0.05, 0) is 48.6 Å². The van der Waals surface area contributed by atoms with Gasteiger partial charge in [0.05, 0.1) is 22.9 Å². The van der Waals surface area contributed by atoms with Crippen molar-refractivity contribution in [3.05, 3.63) is 88.5 Å². The lowest BCUT2D eigenvalue weighted by Gasteiger charge is -2.16. The molecular formula is C27H28N4O3. The molecular weight excluding hydrogens is 428 g/mol. The van der Waals surface area contributed by atoms with Crippen molar-refractivity contribution in [1.29, 1.82) is 0 Å². The monoisotopic (exact) mass is 456 g/mol. The third-order valence-corrected chi connectivity index (χ3v) is 6.24. The average molecular weight is 457 g/mol. The summed E-state index contributed by atoms with van der Waals surface area (Å²) in [6.45, 7) is 5.58. The second-order valence-electron chi connectivity index (χ2n) is 9.05. The summed E-state index contributed by atoms with van der Waals surface area (Å²) in [7, 11) is 0. The molecule has 0 spiro atoms. The topological polar surface area (TPSA) is 78.2 Å². The van der Waals surface area contributed by atoms with E-state index in [4.69, 9.17) is 4.74 Å². The van der Waals surface area contributed by atoms with E-state index in [1.807, 2.05) is 59.2 Å². The van der Waals surface area contributed by atoms with Crippen molar-refractivity contribution >= 4 is 11.6 Å². The van der Waals surface area contributed by atoms with Gasteiger partial charge in [0, 0.05) is 31.2 Å². The fraction of sp³-hybridized carbons (Fsp3) is 0.296. The standard InChI is InChI=1S/C27H28N4O3/c1-18(2)19-10-12-20(13-11-19)28-26(32)23-16-30(15-22-9-6-14-34-22)17-24-25(23)29-31(27(24)33)21-7-4-3-5-8-21/h3-5,7-8,10-13,16-18,22H,6,9,14-15H2,1-2H3,(H,28,32). The summed E-state index contributed by atoms with van der Waals surface area (Å²) in [5.74, 6) is 0.106. The van der Waals surface area contributed by atoms with Crippen LogP contribution in [0.2, 0.25) is 0 Å². The number of aromatic nitrogens is 3. The Morgan fingerprint density at radius 2 is 1.88 bits per heavy atom. The van der Waals surface area contributed by atoms with Crippen LogP contribution >= 0.6 is 0 Å². The highest BCUT2D eigenvalue weighted by Crippen LogP contribution is 2.25. The number of carbonyl (C=O) groups is 1. The fourth-order valence-electron chi connectivity index (χ4n) is 4.35. The van der Waals surface area contributed by atoms with Gasteiger partial charge in [-0.3, -0.25) is 9.59 Å². The SMILES string of the molecule is CC(C)c1ccc(NC(=O)c2cn(CC3CCCO3)cc3c(=O)n(-c4ccccc4)nc2-3)cc1. The van der Waals surface area contributed by atoms with Gasteiger partial charge >= 0.3 is 0 Å². The molecule has 1 unspecified atom stereocenters. The second-order valence-corrected chi connectivity index (χ2v) is 9.05. The molecule has 0 saturated carbocycles. The summed E-state index contributed by atoms with van der Waals surface area (Å²) < 4.78 is 9.02. The third-order valence-electron chi connectivity index (χ3n) is 6.24. The molecule has 1 fully saturated rings. The van der Waals surface area contributed by atoms with Crippen molar-refractivity contribution in [1.82, 2.24) is 14.3 Å². The zero-order valence-corrected chi connectivity index (χ0v) is 19.4. The fourth-order valence-corrected chi connectivity index (χ4v) is 4.35. The number of pyridine rings is 1. The maximum atomic E-state index is 13.4. The lowest BCUT2D eigenvalue weighted by molar-refractivity contribution is 0.0961. The maximum absolute atomic E-state index is 13.4. The molecule has 0 aromatic heterocycles. The Kier molecular flexibility index (Phi) is 6.02. The van der Waals surface area contributed by atoms with Crippen molar-refractivity contribution in [3.63, 3.8) is 0 Å². The first-order chi connectivity index (χ1) is 16.5. The molecule has 34 heavy (non-hydrogen) atoms. The molecule has 0 radical (unpaired) electrons. The largest absolute Gasteiger partial charge is 0.376 e. The first-order valence-electron chi connectivity index (χ1n) is 11.7. The van der Waals surface area contributed by atoms with Gasteiger partial charge in [0.1, 0.15) is 5.69 Å². The van der Waals surface area contributed by atoms with Gasteiger partial charge < -0.3 is 14.6 Å². The molecule has 2 aromatic rings. The zero-order chi connectivity index (χ0) is 23.7. The lowest BCUT2D eigenvalue weighted by atomic mass is 10.0. The summed E-state index contributed by atoms with van der Waals surface area (Å²) in [6.07, 6.45) is 5.60. The van der Waals surface area contributed by atoms with Crippen LogP contribution < -0.4 is 10.9 Å². The molecule has 3 aliphatic heterocycles. The van der Waals surface area contributed by atoms with Crippen molar-refractivity contribution in [2.24, 2.45) is 0 Å². The maximum Gasteiger partial charge on any atom is 0.282 e. The average Bonchev–Trinajstić information content (AvgIpc) is 3.47. The number of nitrogens with zero attached hydrogens (tertiary/aromatic N) is 3. The number of hydrogen-bond acceptors (Lipinski definition) is 4. The Morgan fingerprint density at radius 3 is 2.56 bits per heavy atom. The van der Waals surface area contributed by atoms with E-state index < -0.39 is 0 Å². The number of para-hydroxylation sites is 1. The summed E-state index contributed by atoms with van der Waals surface area (Å²) in [6, 6.07) is 17.1. The minimum atomic E-state index is -0.304. The molecule has 1 atom stereocenters. The molecule has 174 valence electrons.